The van der Waals surface area contributed by atoms with E-state index in [-0.39, 0.29) is 0 Å². The Labute approximate surface area is 72.2 Å². The molecular weight excluding hydrogens is 152 g/mol. The van der Waals surface area contributed by atoms with Crippen molar-refractivity contribution in [1.29, 1.82) is 0 Å². The average molecular weight is 166 g/mol. The maximum atomic E-state index is 4.91. The third-order valence-electron chi connectivity index (χ3n) is 2.52. The summed E-state index contributed by atoms with van der Waals surface area (Å²) in [6.07, 6.45) is 6.45. The molecule has 2 rings (SSSR count). The first-order valence-electron chi connectivity index (χ1n) is 4.64. The smallest absolute Gasteiger partial charge is 0.223 e. The number of aromatic nitrogens is 2. The van der Waals surface area contributed by atoms with Crippen molar-refractivity contribution < 1.29 is 4.52 Å². The van der Waals surface area contributed by atoms with Crippen LogP contribution < -0.4 is 0 Å². The summed E-state index contributed by atoms with van der Waals surface area (Å²) in [5.74, 6) is 2.38. The summed E-state index contributed by atoms with van der Waals surface area (Å²) in [4.78, 5) is 4.20. The largest absolute Gasteiger partial charge is 0.340 e. The molecule has 1 aromatic rings. The highest BCUT2D eigenvalue weighted by Gasteiger charge is 2.17. The van der Waals surface area contributed by atoms with Crippen molar-refractivity contribution in [3.8, 4) is 0 Å². The number of rotatable bonds is 2. The van der Waals surface area contributed by atoms with Gasteiger partial charge in [0, 0.05) is 13.3 Å². The van der Waals surface area contributed by atoms with Crippen molar-refractivity contribution in [1.82, 2.24) is 10.1 Å². The van der Waals surface area contributed by atoms with Gasteiger partial charge in [-0.25, -0.2) is 0 Å². The molecule has 0 bridgehead atoms. The molecule has 0 radical (unpaired) electrons. The van der Waals surface area contributed by atoms with Gasteiger partial charge in [0.15, 0.2) is 5.82 Å². The van der Waals surface area contributed by atoms with Gasteiger partial charge in [0.2, 0.25) is 5.89 Å². The molecule has 3 nitrogen and oxygen atoms in total. The highest BCUT2D eigenvalue weighted by Crippen LogP contribution is 2.26. The summed E-state index contributed by atoms with van der Waals surface area (Å²) in [5, 5.41) is 3.89. The fraction of sp³-hybridized carbons (Fsp3) is 0.778. The van der Waals surface area contributed by atoms with Crippen LogP contribution in [0.2, 0.25) is 0 Å². The van der Waals surface area contributed by atoms with Gasteiger partial charge in [-0.3, -0.25) is 0 Å². The van der Waals surface area contributed by atoms with Gasteiger partial charge in [-0.15, -0.1) is 0 Å². The van der Waals surface area contributed by atoms with E-state index in [1.807, 2.05) is 6.92 Å². The quantitative estimate of drug-likeness (QED) is 0.675. The van der Waals surface area contributed by atoms with Crippen LogP contribution in [0.4, 0.5) is 0 Å². The Bertz CT molecular complexity index is 251. The fourth-order valence-electron chi connectivity index (χ4n) is 1.90. The molecule has 0 amide bonds. The van der Waals surface area contributed by atoms with Crippen molar-refractivity contribution in [3.63, 3.8) is 0 Å². The van der Waals surface area contributed by atoms with Crippen LogP contribution in [-0.2, 0) is 6.42 Å². The number of aryl methyl sites for hydroxylation is 1. The van der Waals surface area contributed by atoms with Crippen molar-refractivity contribution in [2.24, 2.45) is 5.92 Å². The second-order valence-corrected chi connectivity index (χ2v) is 3.58. The molecule has 0 unspecified atom stereocenters. The molecule has 3 heteroatoms. The van der Waals surface area contributed by atoms with E-state index >= 15 is 0 Å². The first kappa shape index (κ1) is 7.77. The third-order valence-corrected chi connectivity index (χ3v) is 2.52. The normalized spacial score (nSPS) is 18.8. The Kier molecular flexibility index (Phi) is 2.11. The number of hydrogen-bond acceptors (Lipinski definition) is 3. The highest BCUT2D eigenvalue weighted by molar-refractivity contribution is 4.87. The summed E-state index contributed by atoms with van der Waals surface area (Å²) in [5.41, 5.74) is 0. The van der Waals surface area contributed by atoms with Crippen molar-refractivity contribution in [3.05, 3.63) is 11.7 Å². The summed E-state index contributed by atoms with van der Waals surface area (Å²) in [6, 6.07) is 0. The maximum Gasteiger partial charge on any atom is 0.223 e. The molecule has 0 spiro atoms. The van der Waals surface area contributed by atoms with Crippen LogP contribution in [0.1, 0.15) is 37.4 Å². The van der Waals surface area contributed by atoms with E-state index in [1.165, 1.54) is 25.7 Å². The Morgan fingerprint density at radius 2 is 2.17 bits per heavy atom. The predicted molar refractivity (Wildman–Crippen MR) is 44.7 cm³/mol. The SMILES string of the molecule is Cc1nc(CC2CCCC2)no1. The van der Waals surface area contributed by atoms with Gasteiger partial charge in [-0.05, 0) is 5.92 Å². The first-order valence-corrected chi connectivity index (χ1v) is 4.64. The second-order valence-electron chi connectivity index (χ2n) is 3.58. The Balaban J connectivity index is 1.94. The van der Waals surface area contributed by atoms with Gasteiger partial charge >= 0.3 is 0 Å². The van der Waals surface area contributed by atoms with E-state index in [4.69, 9.17) is 4.52 Å². The summed E-state index contributed by atoms with van der Waals surface area (Å²) < 4.78 is 4.91. The zero-order chi connectivity index (χ0) is 8.39. The van der Waals surface area contributed by atoms with Gasteiger partial charge in [0.25, 0.3) is 0 Å². The first-order chi connectivity index (χ1) is 5.84. The van der Waals surface area contributed by atoms with Gasteiger partial charge in [0.05, 0.1) is 0 Å². The minimum Gasteiger partial charge on any atom is -0.340 e. The van der Waals surface area contributed by atoms with Gasteiger partial charge in [-0.2, -0.15) is 4.98 Å². The van der Waals surface area contributed by atoms with Crippen LogP contribution in [0.15, 0.2) is 4.52 Å². The van der Waals surface area contributed by atoms with E-state index in [1.54, 1.807) is 0 Å². The van der Waals surface area contributed by atoms with Crippen LogP contribution in [0.3, 0.4) is 0 Å². The van der Waals surface area contributed by atoms with Crippen LogP contribution in [-0.4, -0.2) is 10.1 Å². The lowest BCUT2D eigenvalue weighted by molar-refractivity contribution is 0.382. The fourth-order valence-corrected chi connectivity index (χ4v) is 1.90. The molecule has 1 aliphatic carbocycles. The Morgan fingerprint density at radius 1 is 1.42 bits per heavy atom. The Hall–Kier alpha value is -0.860. The lowest BCUT2D eigenvalue weighted by Gasteiger charge is -2.02. The zero-order valence-electron chi connectivity index (χ0n) is 7.42. The molecular formula is C9H14N2O. The van der Waals surface area contributed by atoms with Gasteiger partial charge in [0.1, 0.15) is 0 Å². The lowest BCUT2D eigenvalue weighted by Crippen LogP contribution is -2.00. The minimum absolute atomic E-state index is 0.683. The van der Waals surface area contributed by atoms with Crippen molar-refractivity contribution in [2.45, 2.75) is 39.0 Å². The number of nitrogens with zero attached hydrogens (tertiary/aromatic N) is 2. The van der Waals surface area contributed by atoms with Crippen LogP contribution in [0, 0.1) is 12.8 Å². The van der Waals surface area contributed by atoms with E-state index in [9.17, 15) is 0 Å². The standard InChI is InChI=1S/C9H14N2O/c1-7-10-9(11-12-7)6-8-4-2-3-5-8/h8H,2-6H2,1H3. The highest BCUT2D eigenvalue weighted by atomic mass is 16.5. The summed E-state index contributed by atoms with van der Waals surface area (Å²) >= 11 is 0. The topological polar surface area (TPSA) is 38.9 Å². The van der Waals surface area contributed by atoms with E-state index in [0.29, 0.717) is 5.89 Å². The maximum absolute atomic E-state index is 4.91. The van der Waals surface area contributed by atoms with Gasteiger partial charge < -0.3 is 4.52 Å². The average Bonchev–Trinajstić information content (AvgIpc) is 2.63. The molecule has 1 aliphatic rings. The monoisotopic (exact) mass is 166 g/mol. The molecule has 0 atom stereocenters. The van der Waals surface area contributed by atoms with Gasteiger partial charge in [-0.1, -0.05) is 30.8 Å². The molecule has 1 aromatic heterocycles. The molecule has 66 valence electrons. The summed E-state index contributed by atoms with van der Waals surface area (Å²) in [6.45, 7) is 1.84. The van der Waals surface area contributed by atoms with E-state index < -0.39 is 0 Å². The molecule has 0 N–H and O–H groups in total. The van der Waals surface area contributed by atoms with Crippen molar-refractivity contribution >= 4 is 0 Å². The lowest BCUT2D eigenvalue weighted by atomic mass is 10.0. The van der Waals surface area contributed by atoms with Crippen LogP contribution >= 0.6 is 0 Å². The molecule has 0 aliphatic heterocycles. The zero-order valence-corrected chi connectivity index (χ0v) is 7.42. The second kappa shape index (κ2) is 3.25. The van der Waals surface area contributed by atoms with Crippen LogP contribution in [0.25, 0.3) is 0 Å². The third kappa shape index (κ3) is 1.65. The predicted octanol–water partition coefficient (Wildman–Crippen LogP) is 2.11. The van der Waals surface area contributed by atoms with E-state index in [0.717, 1.165) is 18.2 Å². The molecule has 1 fully saturated rings. The molecule has 0 saturated heterocycles. The van der Waals surface area contributed by atoms with E-state index in [2.05, 4.69) is 10.1 Å². The summed E-state index contributed by atoms with van der Waals surface area (Å²) in [7, 11) is 0. The minimum atomic E-state index is 0.683. The number of hydrogen-bond donors (Lipinski definition) is 0. The molecule has 12 heavy (non-hydrogen) atoms. The Morgan fingerprint density at radius 3 is 2.75 bits per heavy atom. The van der Waals surface area contributed by atoms with Crippen molar-refractivity contribution in [2.75, 3.05) is 0 Å². The molecule has 1 saturated carbocycles. The van der Waals surface area contributed by atoms with Crippen LogP contribution in [0.5, 0.6) is 0 Å². The molecule has 0 aromatic carbocycles. The molecule has 1 heterocycles.